The first-order chi connectivity index (χ1) is 15.0. The Morgan fingerprint density at radius 1 is 1.32 bits per heavy atom. The molecule has 3 heterocycles. The highest BCUT2D eigenvalue weighted by molar-refractivity contribution is 6.06. The number of carbonyl (C=O) groups is 1. The van der Waals surface area contributed by atoms with Gasteiger partial charge in [-0.1, -0.05) is 32.0 Å². The molecule has 1 amide bonds. The van der Waals surface area contributed by atoms with Crippen molar-refractivity contribution < 1.29 is 9.53 Å². The van der Waals surface area contributed by atoms with Gasteiger partial charge in [-0.15, -0.1) is 0 Å². The molecule has 0 spiro atoms. The van der Waals surface area contributed by atoms with Crippen molar-refractivity contribution in [3.63, 3.8) is 0 Å². The number of para-hydroxylation sites is 1. The van der Waals surface area contributed by atoms with Crippen LogP contribution in [0.3, 0.4) is 0 Å². The van der Waals surface area contributed by atoms with Gasteiger partial charge < -0.3 is 10.1 Å². The van der Waals surface area contributed by atoms with Crippen LogP contribution in [-0.4, -0.2) is 51.8 Å². The molecular weight excluding hydrogens is 390 g/mol. The SMILES string of the molecule is CCn1cc(CN2CCO[C@@H](c3cc(C(=O)NCC(C)C)c4ccccc4n3)C2)cn1. The van der Waals surface area contributed by atoms with Crippen LogP contribution >= 0.6 is 0 Å². The van der Waals surface area contributed by atoms with Crippen LogP contribution in [0, 0.1) is 5.92 Å². The minimum atomic E-state index is -0.170. The number of benzene rings is 1. The van der Waals surface area contributed by atoms with E-state index in [0.717, 1.165) is 42.8 Å². The fraction of sp³-hybridized carbons (Fsp3) is 0.458. The first kappa shape index (κ1) is 21.5. The van der Waals surface area contributed by atoms with Crippen molar-refractivity contribution in [2.45, 2.75) is 40.0 Å². The van der Waals surface area contributed by atoms with Crippen LogP contribution in [0.1, 0.15) is 48.5 Å². The van der Waals surface area contributed by atoms with Gasteiger partial charge in [-0.2, -0.15) is 5.10 Å². The van der Waals surface area contributed by atoms with E-state index >= 15 is 0 Å². The first-order valence-corrected chi connectivity index (χ1v) is 11.1. The van der Waals surface area contributed by atoms with Gasteiger partial charge in [0.05, 0.1) is 29.6 Å². The summed E-state index contributed by atoms with van der Waals surface area (Å²) in [6, 6.07) is 9.71. The topological polar surface area (TPSA) is 72.3 Å². The number of nitrogens with one attached hydrogen (secondary N) is 1. The largest absolute Gasteiger partial charge is 0.369 e. The lowest BCUT2D eigenvalue weighted by Crippen LogP contribution is -2.38. The Hall–Kier alpha value is -2.77. The zero-order chi connectivity index (χ0) is 21.8. The molecule has 7 heteroatoms. The van der Waals surface area contributed by atoms with E-state index in [-0.39, 0.29) is 12.0 Å². The molecule has 1 atom stereocenters. The summed E-state index contributed by atoms with van der Waals surface area (Å²) in [5.74, 6) is 0.331. The van der Waals surface area contributed by atoms with E-state index in [4.69, 9.17) is 9.72 Å². The van der Waals surface area contributed by atoms with Crippen LogP contribution in [0.15, 0.2) is 42.7 Å². The third kappa shape index (κ3) is 5.11. The number of amides is 1. The van der Waals surface area contributed by atoms with Crippen LogP contribution in [0.2, 0.25) is 0 Å². The molecule has 3 aromatic rings. The molecule has 4 rings (SSSR count). The molecule has 1 aromatic carbocycles. The predicted octanol–water partition coefficient (Wildman–Crippen LogP) is 3.41. The van der Waals surface area contributed by atoms with Crippen molar-refractivity contribution in [1.29, 1.82) is 0 Å². The number of aromatic nitrogens is 3. The number of pyridine rings is 1. The highest BCUT2D eigenvalue weighted by Gasteiger charge is 2.25. The van der Waals surface area contributed by atoms with Crippen LogP contribution < -0.4 is 5.32 Å². The highest BCUT2D eigenvalue weighted by Crippen LogP contribution is 2.26. The third-order valence-electron chi connectivity index (χ3n) is 5.55. The van der Waals surface area contributed by atoms with Crippen LogP contribution in [-0.2, 0) is 17.8 Å². The van der Waals surface area contributed by atoms with Crippen LogP contribution in [0.4, 0.5) is 0 Å². The molecule has 0 radical (unpaired) electrons. The lowest BCUT2D eigenvalue weighted by Gasteiger charge is -2.32. The lowest BCUT2D eigenvalue weighted by molar-refractivity contribution is -0.0348. The number of nitrogens with zero attached hydrogens (tertiary/aromatic N) is 4. The quantitative estimate of drug-likeness (QED) is 0.633. The highest BCUT2D eigenvalue weighted by atomic mass is 16.5. The number of aryl methyl sites for hydroxylation is 1. The molecule has 1 fully saturated rings. The molecule has 0 bridgehead atoms. The van der Waals surface area contributed by atoms with E-state index in [2.05, 4.69) is 42.3 Å². The number of carbonyl (C=O) groups excluding carboxylic acids is 1. The van der Waals surface area contributed by atoms with E-state index < -0.39 is 0 Å². The molecule has 0 aliphatic carbocycles. The summed E-state index contributed by atoms with van der Waals surface area (Å²) in [5.41, 5.74) is 3.48. The van der Waals surface area contributed by atoms with Crippen molar-refractivity contribution >= 4 is 16.8 Å². The van der Waals surface area contributed by atoms with Crippen LogP contribution in [0.5, 0.6) is 0 Å². The standard InChI is InChI=1S/C24H31N5O2/c1-4-29-15-18(13-26-29)14-28-9-10-31-23(16-28)22-11-20(24(30)25-12-17(2)3)19-7-5-6-8-21(19)27-22/h5-8,11,13,15,17,23H,4,9-10,12,14,16H2,1-3H3,(H,25,30)/t23-/m1/s1. The second kappa shape index (κ2) is 9.58. The number of ether oxygens (including phenoxy) is 1. The Balaban J connectivity index is 1.57. The van der Waals surface area contributed by atoms with Gasteiger partial charge in [0.25, 0.3) is 5.91 Å². The smallest absolute Gasteiger partial charge is 0.252 e. The first-order valence-electron chi connectivity index (χ1n) is 11.1. The van der Waals surface area contributed by atoms with Crippen molar-refractivity contribution in [1.82, 2.24) is 25.0 Å². The maximum atomic E-state index is 12.9. The number of hydrogen-bond donors (Lipinski definition) is 1. The van der Waals surface area contributed by atoms with Gasteiger partial charge in [0.15, 0.2) is 0 Å². The van der Waals surface area contributed by atoms with E-state index in [1.54, 1.807) is 0 Å². The lowest BCUT2D eigenvalue weighted by atomic mass is 10.0. The molecule has 0 unspecified atom stereocenters. The zero-order valence-electron chi connectivity index (χ0n) is 18.5. The molecular formula is C24H31N5O2. The normalized spacial score (nSPS) is 17.4. The number of fused-ring (bicyclic) bond motifs is 1. The fourth-order valence-electron chi connectivity index (χ4n) is 3.88. The minimum Gasteiger partial charge on any atom is -0.369 e. The number of hydrogen-bond acceptors (Lipinski definition) is 5. The van der Waals surface area contributed by atoms with E-state index in [0.29, 0.717) is 24.6 Å². The Bertz CT molecular complexity index is 1050. The summed E-state index contributed by atoms with van der Waals surface area (Å²) in [7, 11) is 0. The molecule has 2 aromatic heterocycles. The van der Waals surface area contributed by atoms with Gasteiger partial charge in [-0.3, -0.25) is 14.4 Å². The third-order valence-corrected chi connectivity index (χ3v) is 5.55. The minimum absolute atomic E-state index is 0.0619. The summed E-state index contributed by atoms with van der Waals surface area (Å²) in [4.78, 5) is 20.1. The second-order valence-electron chi connectivity index (χ2n) is 8.51. The Kier molecular flexibility index (Phi) is 6.63. The summed E-state index contributed by atoms with van der Waals surface area (Å²) in [6.07, 6.45) is 3.85. The maximum absolute atomic E-state index is 12.9. The molecule has 1 aliphatic heterocycles. The van der Waals surface area contributed by atoms with Gasteiger partial charge in [-0.25, -0.2) is 4.98 Å². The second-order valence-corrected chi connectivity index (χ2v) is 8.51. The van der Waals surface area contributed by atoms with Gasteiger partial charge >= 0.3 is 0 Å². The van der Waals surface area contributed by atoms with Crippen molar-refractivity contribution in [3.8, 4) is 0 Å². The molecule has 0 saturated carbocycles. The molecule has 1 aliphatic rings. The average molecular weight is 422 g/mol. The van der Waals surface area contributed by atoms with Gasteiger partial charge in [-0.05, 0) is 25.0 Å². The molecule has 7 nitrogen and oxygen atoms in total. The summed E-state index contributed by atoms with van der Waals surface area (Å²) >= 11 is 0. The Labute approximate surface area is 183 Å². The van der Waals surface area contributed by atoms with Crippen molar-refractivity contribution in [2.24, 2.45) is 5.92 Å². The number of morpholine rings is 1. The summed E-state index contributed by atoms with van der Waals surface area (Å²) in [5, 5.41) is 8.28. The fourth-order valence-corrected chi connectivity index (χ4v) is 3.88. The molecule has 1 N–H and O–H groups in total. The maximum Gasteiger partial charge on any atom is 0.252 e. The van der Waals surface area contributed by atoms with Crippen LogP contribution in [0.25, 0.3) is 10.9 Å². The summed E-state index contributed by atoms with van der Waals surface area (Å²) < 4.78 is 8.03. The molecule has 31 heavy (non-hydrogen) atoms. The predicted molar refractivity (Wildman–Crippen MR) is 121 cm³/mol. The average Bonchev–Trinajstić information content (AvgIpc) is 3.24. The van der Waals surface area contributed by atoms with E-state index in [1.807, 2.05) is 41.2 Å². The van der Waals surface area contributed by atoms with Gasteiger partial charge in [0, 0.05) is 49.9 Å². The molecule has 1 saturated heterocycles. The number of rotatable bonds is 7. The van der Waals surface area contributed by atoms with E-state index in [9.17, 15) is 4.79 Å². The molecule has 164 valence electrons. The van der Waals surface area contributed by atoms with Gasteiger partial charge in [0.2, 0.25) is 0 Å². The van der Waals surface area contributed by atoms with Gasteiger partial charge in [0.1, 0.15) is 6.10 Å². The van der Waals surface area contributed by atoms with E-state index in [1.165, 1.54) is 5.56 Å². The Morgan fingerprint density at radius 3 is 2.94 bits per heavy atom. The summed E-state index contributed by atoms with van der Waals surface area (Å²) in [6.45, 7) is 10.8. The van der Waals surface area contributed by atoms with Crippen molar-refractivity contribution in [3.05, 3.63) is 59.5 Å². The Morgan fingerprint density at radius 2 is 2.16 bits per heavy atom. The zero-order valence-corrected chi connectivity index (χ0v) is 18.5. The monoisotopic (exact) mass is 421 g/mol. The van der Waals surface area contributed by atoms with Crippen molar-refractivity contribution in [2.75, 3.05) is 26.2 Å².